The zero-order valence-electron chi connectivity index (χ0n) is 20.0. The van der Waals surface area contributed by atoms with Crippen LogP contribution in [-0.2, 0) is 25.6 Å². The van der Waals surface area contributed by atoms with Crippen molar-refractivity contribution in [2.45, 2.75) is 31.3 Å². The number of hydrogen-bond donors (Lipinski definition) is 3. The number of primary amides is 1. The Kier molecular flexibility index (Phi) is 5.48. The number of amides is 1. The molecule has 4 unspecified atom stereocenters. The molecule has 1 aromatic rings. The molecule has 4 aliphatic rings. The predicted molar refractivity (Wildman–Crippen MR) is 122 cm³/mol. The molecule has 35 heavy (non-hydrogen) atoms. The molecular formula is C24H28N4O7. The van der Waals surface area contributed by atoms with Crippen LogP contribution in [0.5, 0.6) is 11.5 Å². The van der Waals surface area contributed by atoms with Crippen molar-refractivity contribution in [3.63, 3.8) is 0 Å². The van der Waals surface area contributed by atoms with Gasteiger partial charge in [0.2, 0.25) is 11.6 Å². The molecule has 0 radical (unpaired) electrons. The Balaban J connectivity index is 1.46. The van der Waals surface area contributed by atoms with Crippen molar-refractivity contribution >= 4 is 17.7 Å². The summed E-state index contributed by atoms with van der Waals surface area (Å²) in [6.45, 7) is 2.26. The van der Waals surface area contributed by atoms with E-state index in [1.165, 1.54) is 7.11 Å². The van der Waals surface area contributed by atoms with Crippen LogP contribution >= 0.6 is 0 Å². The minimum Gasteiger partial charge on any atom is -0.493 e. The smallest absolute Gasteiger partial charge is 0.404 e. The quantitative estimate of drug-likeness (QED) is 0.345. The topological polar surface area (TPSA) is 151 Å². The van der Waals surface area contributed by atoms with Crippen LogP contribution < -0.4 is 25.8 Å². The monoisotopic (exact) mass is 484 g/mol. The van der Waals surface area contributed by atoms with Crippen LogP contribution in [0.3, 0.4) is 0 Å². The minimum absolute atomic E-state index is 0.0938. The summed E-state index contributed by atoms with van der Waals surface area (Å²) in [6, 6.07) is 5.46. The Morgan fingerprint density at radius 3 is 2.60 bits per heavy atom. The Bertz CT molecular complexity index is 1190. The lowest BCUT2D eigenvalue weighted by Crippen LogP contribution is -2.55. The molecule has 1 aromatic carbocycles. The Morgan fingerprint density at radius 1 is 1.20 bits per heavy atom. The second-order valence-electron chi connectivity index (χ2n) is 8.96. The van der Waals surface area contributed by atoms with Crippen molar-refractivity contribution in [3.05, 3.63) is 46.3 Å². The van der Waals surface area contributed by atoms with Crippen LogP contribution in [-0.4, -0.2) is 74.8 Å². The third kappa shape index (κ3) is 3.29. The molecule has 5 rings (SSSR count). The second-order valence-corrected chi connectivity index (χ2v) is 8.96. The van der Waals surface area contributed by atoms with E-state index in [0.717, 1.165) is 5.56 Å². The van der Waals surface area contributed by atoms with Crippen LogP contribution in [0.1, 0.15) is 12.5 Å². The third-order valence-corrected chi connectivity index (χ3v) is 7.35. The van der Waals surface area contributed by atoms with Gasteiger partial charge in [0.05, 0.1) is 37.6 Å². The predicted octanol–water partition coefficient (Wildman–Crippen LogP) is 0.197. The molecule has 1 aliphatic carbocycles. The van der Waals surface area contributed by atoms with Gasteiger partial charge in [-0.2, -0.15) is 0 Å². The minimum atomic E-state index is -1.00. The standard InChI is InChI=1S/C24H28N4O7/c1-11-18(26-8-12-5-6-15(32-2)16(7-12)33-3)21(30)17-13(10-35-23(25)31)24(34-4)22-14(27-22)9-28(24)19(17)20(11)29/h5-7,13-14,22,26-27H,8-10H2,1-4H3,(H2,25,31). The maximum absolute atomic E-state index is 13.8. The number of carbonyl (C=O) groups is 3. The van der Waals surface area contributed by atoms with Gasteiger partial charge in [-0.15, -0.1) is 0 Å². The summed E-state index contributed by atoms with van der Waals surface area (Å²) in [7, 11) is 4.64. The van der Waals surface area contributed by atoms with E-state index in [1.807, 2.05) is 11.0 Å². The van der Waals surface area contributed by atoms with Crippen LogP contribution in [0.2, 0.25) is 0 Å². The van der Waals surface area contributed by atoms with Crippen LogP contribution in [0.25, 0.3) is 0 Å². The average molecular weight is 485 g/mol. The van der Waals surface area contributed by atoms with Crippen molar-refractivity contribution in [2.24, 2.45) is 11.7 Å². The van der Waals surface area contributed by atoms with Gasteiger partial charge in [-0.05, 0) is 24.6 Å². The molecule has 0 spiro atoms. The first-order chi connectivity index (χ1) is 16.8. The number of benzene rings is 1. The number of ether oxygens (including phenoxy) is 4. The molecule has 3 aliphatic heterocycles. The van der Waals surface area contributed by atoms with E-state index in [4.69, 9.17) is 24.7 Å². The first-order valence-electron chi connectivity index (χ1n) is 11.3. The zero-order chi connectivity index (χ0) is 25.1. The SMILES string of the molecule is COc1ccc(CNC2=C(C)C(=O)C3=C(C2=O)C(COC(N)=O)C2(OC)C4NC4CN32)cc1OC. The van der Waals surface area contributed by atoms with Gasteiger partial charge >= 0.3 is 6.09 Å². The molecule has 11 heteroatoms. The molecule has 11 nitrogen and oxygen atoms in total. The lowest BCUT2D eigenvalue weighted by molar-refractivity contribution is -0.137. The summed E-state index contributed by atoms with van der Waals surface area (Å²) in [4.78, 5) is 40.7. The lowest BCUT2D eigenvalue weighted by atomic mass is 9.82. The van der Waals surface area contributed by atoms with E-state index in [2.05, 4.69) is 10.6 Å². The molecule has 1 amide bonds. The number of piperazine rings is 1. The van der Waals surface area contributed by atoms with E-state index >= 15 is 0 Å². The van der Waals surface area contributed by atoms with Crippen molar-refractivity contribution in [1.29, 1.82) is 0 Å². The fraction of sp³-hybridized carbons (Fsp3) is 0.458. The molecule has 0 bridgehead atoms. The summed E-state index contributed by atoms with van der Waals surface area (Å²) in [5, 5.41) is 6.48. The summed E-state index contributed by atoms with van der Waals surface area (Å²) in [5.74, 6) is -0.104. The highest BCUT2D eigenvalue weighted by molar-refractivity contribution is 6.25. The Labute approximate surface area is 202 Å². The van der Waals surface area contributed by atoms with E-state index < -0.39 is 17.7 Å². The normalized spacial score (nSPS) is 28.6. The number of Topliss-reactive ketones (excluding diaryl/α,β-unsaturated/α-hetero) is 2. The van der Waals surface area contributed by atoms with E-state index in [1.54, 1.807) is 33.3 Å². The van der Waals surface area contributed by atoms with E-state index in [-0.39, 0.29) is 48.1 Å². The van der Waals surface area contributed by atoms with Gasteiger partial charge in [-0.25, -0.2) is 4.79 Å². The largest absolute Gasteiger partial charge is 0.493 e. The summed E-state index contributed by atoms with van der Waals surface area (Å²) in [6.07, 6.45) is -0.955. The average Bonchev–Trinajstić information content (AvgIpc) is 3.46. The van der Waals surface area contributed by atoms with Crippen molar-refractivity contribution in [3.8, 4) is 11.5 Å². The van der Waals surface area contributed by atoms with Gasteiger partial charge in [0.1, 0.15) is 6.61 Å². The molecule has 4 atom stereocenters. The van der Waals surface area contributed by atoms with Gasteiger partial charge in [0, 0.05) is 37.4 Å². The number of rotatable bonds is 8. The number of carbonyl (C=O) groups excluding carboxylic acids is 3. The molecule has 3 heterocycles. The first-order valence-corrected chi connectivity index (χ1v) is 11.3. The van der Waals surface area contributed by atoms with Crippen LogP contribution in [0, 0.1) is 5.92 Å². The fourth-order valence-electron chi connectivity index (χ4n) is 5.68. The third-order valence-electron chi connectivity index (χ3n) is 7.35. The number of methoxy groups -OCH3 is 3. The Morgan fingerprint density at radius 2 is 1.94 bits per heavy atom. The molecule has 0 saturated carbocycles. The zero-order valence-corrected chi connectivity index (χ0v) is 20.0. The van der Waals surface area contributed by atoms with Crippen molar-refractivity contribution in [1.82, 2.24) is 15.5 Å². The number of hydrogen-bond acceptors (Lipinski definition) is 10. The van der Waals surface area contributed by atoms with Gasteiger partial charge < -0.3 is 40.2 Å². The second kappa shape index (κ2) is 8.28. The fourth-order valence-corrected chi connectivity index (χ4v) is 5.68. The molecule has 186 valence electrons. The van der Waals surface area contributed by atoms with Crippen molar-refractivity contribution < 1.29 is 33.3 Å². The maximum Gasteiger partial charge on any atom is 0.404 e. The number of nitrogens with one attached hydrogen (secondary N) is 2. The maximum atomic E-state index is 13.8. The van der Waals surface area contributed by atoms with Crippen LogP contribution in [0.15, 0.2) is 40.7 Å². The van der Waals surface area contributed by atoms with E-state index in [9.17, 15) is 14.4 Å². The highest BCUT2D eigenvalue weighted by atomic mass is 16.6. The lowest BCUT2D eigenvalue weighted by Gasteiger charge is -2.39. The molecule has 4 N–H and O–H groups in total. The number of ketones is 2. The summed E-state index contributed by atoms with van der Waals surface area (Å²) >= 11 is 0. The highest BCUT2D eigenvalue weighted by Gasteiger charge is 2.72. The van der Waals surface area contributed by atoms with E-state index in [0.29, 0.717) is 29.3 Å². The number of fused-ring (bicyclic) bond motifs is 4. The summed E-state index contributed by atoms with van der Waals surface area (Å²) < 4.78 is 21.8. The van der Waals surface area contributed by atoms with Crippen LogP contribution in [0.4, 0.5) is 4.79 Å². The van der Waals surface area contributed by atoms with Gasteiger partial charge in [-0.1, -0.05) is 6.07 Å². The number of allylic oxidation sites excluding steroid dienone is 2. The van der Waals surface area contributed by atoms with Gasteiger partial charge in [0.25, 0.3) is 0 Å². The first kappa shape index (κ1) is 23.2. The van der Waals surface area contributed by atoms with Crippen molar-refractivity contribution in [2.75, 3.05) is 34.5 Å². The molecule has 0 aromatic heterocycles. The number of nitrogens with zero attached hydrogens (tertiary/aromatic N) is 1. The molecule has 2 saturated heterocycles. The molecular weight excluding hydrogens is 456 g/mol. The summed E-state index contributed by atoms with van der Waals surface area (Å²) in [5.41, 5.74) is 6.20. The number of nitrogens with two attached hydrogens (primary N) is 1. The Hall–Kier alpha value is -3.57. The van der Waals surface area contributed by atoms with Gasteiger partial charge in [-0.3, -0.25) is 9.59 Å². The molecule has 2 fully saturated rings. The van der Waals surface area contributed by atoms with Gasteiger partial charge in [0.15, 0.2) is 17.2 Å². The highest BCUT2D eigenvalue weighted by Crippen LogP contribution is 2.55.